The molecule has 1 unspecified atom stereocenters. The Balaban J connectivity index is 1.96. The van der Waals surface area contributed by atoms with Gasteiger partial charge in [-0.1, -0.05) is 0 Å². The molecule has 0 radical (unpaired) electrons. The molecule has 1 saturated heterocycles. The zero-order valence-electron chi connectivity index (χ0n) is 13.5. The molecule has 0 aromatic heterocycles. The summed E-state index contributed by atoms with van der Waals surface area (Å²) in [5.74, 6) is 0.771. The van der Waals surface area contributed by atoms with Crippen LogP contribution in [0.5, 0.6) is 0 Å². The highest BCUT2D eigenvalue weighted by Gasteiger charge is 2.17. The number of amides is 1. The van der Waals surface area contributed by atoms with E-state index in [-0.39, 0.29) is 6.09 Å². The number of rotatable bonds is 6. The average Bonchev–Trinajstić information content (AvgIpc) is 2.31. The molecule has 1 rings (SSSR count). The summed E-state index contributed by atoms with van der Waals surface area (Å²) in [6.45, 7) is 10.7. The molecule has 1 aliphatic heterocycles. The number of nitrogens with zero attached hydrogens (tertiary/aromatic N) is 1. The third-order valence-corrected chi connectivity index (χ3v) is 3.35. The van der Waals surface area contributed by atoms with Crippen molar-refractivity contribution in [3.63, 3.8) is 0 Å². The van der Waals surface area contributed by atoms with Crippen LogP contribution in [-0.4, -0.2) is 56.4 Å². The molecule has 0 aromatic carbocycles. The van der Waals surface area contributed by atoms with Crippen LogP contribution < -0.4 is 10.6 Å². The Hall–Kier alpha value is -0.810. The van der Waals surface area contributed by atoms with Crippen LogP contribution in [0.2, 0.25) is 0 Å². The van der Waals surface area contributed by atoms with Crippen molar-refractivity contribution < 1.29 is 9.53 Å². The Kier molecular flexibility index (Phi) is 7.30. The fourth-order valence-corrected chi connectivity index (χ4v) is 2.46. The van der Waals surface area contributed by atoms with E-state index in [0.717, 1.165) is 25.4 Å². The lowest BCUT2D eigenvalue weighted by Crippen LogP contribution is -2.38. The molecule has 1 amide bonds. The Bertz CT molecular complexity index is 289. The van der Waals surface area contributed by atoms with Crippen molar-refractivity contribution in [2.45, 2.75) is 45.6 Å². The Morgan fingerprint density at radius 1 is 1.35 bits per heavy atom. The standard InChI is InChI=1S/C15H31N3O2/c1-15(2,3)20-14(19)17-9-6-8-16-11-13-7-5-10-18(4)12-13/h13,16H,5-12H2,1-4H3,(H,17,19). The lowest BCUT2D eigenvalue weighted by Gasteiger charge is -2.29. The Labute approximate surface area is 123 Å². The third kappa shape index (κ3) is 8.38. The van der Waals surface area contributed by atoms with Crippen LogP contribution in [0.3, 0.4) is 0 Å². The molecule has 0 spiro atoms. The molecule has 0 bridgehead atoms. The molecule has 5 nitrogen and oxygen atoms in total. The van der Waals surface area contributed by atoms with Gasteiger partial charge in [-0.25, -0.2) is 4.79 Å². The van der Waals surface area contributed by atoms with Gasteiger partial charge in [0.05, 0.1) is 0 Å². The van der Waals surface area contributed by atoms with Gasteiger partial charge in [0.1, 0.15) is 5.60 Å². The summed E-state index contributed by atoms with van der Waals surface area (Å²) in [6.07, 6.45) is 3.24. The summed E-state index contributed by atoms with van der Waals surface area (Å²) in [5, 5.41) is 6.25. The van der Waals surface area contributed by atoms with Gasteiger partial charge in [-0.05, 0) is 72.6 Å². The molecule has 0 aliphatic carbocycles. The van der Waals surface area contributed by atoms with Crippen molar-refractivity contribution in [1.29, 1.82) is 0 Å². The van der Waals surface area contributed by atoms with Crippen molar-refractivity contribution in [3.05, 3.63) is 0 Å². The minimum atomic E-state index is -0.421. The first kappa shape index (κ1) is 17.2. The van der Waals surface area contributed by atoms with Crippen LogP contribution in [0, 0.1) is 5.92 Å². The second-order valence-corrected chi connectivity index (χ2v) is 6.76. The second-order valence-electron chi connectivity index (χ2n) is 6.76. The first-order valence-corrected chi connectivity index (χ1v) is 7.73. The van der Waals surface area contributed by atoms with Crippen LogP contribution >= 0.6 is 0 Å². The van der Waals surface area contributed by atoms with Gasteiger partial charge in [0, 0.05) is 13.1 Å². The van der Waals surface area contributed by atoms with Crippen molar-refractivity contribution in [1.82, 2.24) is 15.5 Å². The predicted molar refractivity (Wildman–Crippen MR) is 81.9 cm³/mol. The van der Waals surface area contributed by atoms with Gasteiger partial charge in [-0.3, -0.25) is 0 Å². The summed E-state index contributed by atoms with van der Waals surface area (Å²) in [6, 6.07) is 0. The number of hydrogen-bond acceptors (Lipinski definition) is 4. The first-order valence-electron chi connectivity index (χ1n) is 7.73. The molecule has 0 aromatic rings. The molecular weight excluding hydrogens is 254 g/mol. The maximum absolute atomic E-state index is 11.4. The number of nitrogens with one attached hydrogen (secondary N) is 2. The average molecular weight is 285 g/mol. The summed E-state index contributed by atoms with van der Waals surface area (Å²) in [5.41, 5.74) is -0.421. The van der Waals surface area contributed by atoms with E-state index in [1.807, 2.05) is 20.8 Å². The minimum Gasteiger partial charge on any atom is -0.444 e. The first-order chi connectivity index (χ1) is 9.37. The van der Waals surface area contributed by atoms with Crippen LogP contribution in [0.15, 0.2) is 0 Å². The monoisotopic (exact) mass is 285 g/mol. The smallest absolute Gasteiger partial charge is 0.407 e. The van der Waals surface area contributed by atoms with Crippen molar-refractivity contribution in [2.24, 2.45) is 5.92 Å². The van der Waals surface area contributed by atoms with Crippen LogP contribution in [0.4, 0.5) is 4.79 Å². The maximum atomic E-state index is 11.4. The van der Waals surface area contributed by atoms with E-state index in [2.05, 4.69) is 22.6 Å². The third-order valence-electron chi connectivity index (χ3n) is 3.35. The van der Waals surface area contributed by atoms with E-state index in [4.69, 9.17) is 4.74 Å². The number of alkyl carbamates (subject to hydrolysis) is 1. The van der Waals surface area contributed by atoms with Gasteiger partial charge >= 0.3 is 6.09 Å². The second kappa shape index (κ2) is 8.47. The molecule has 118 valence electrons. The normalized spacial score (nSPS) is 20.7. The van der Waals surface area contributed by atoms with E-state index in [0.29, 0.717) is 6.54 Å². The van der Waals surface area contributed by atoms with Gasteiger partial charge in [0.25, 0.3) is 0 Å². The molecular formula is C15H31N3O2. The topological polar surface area (TPSA) is 53.6 Å². The number of piperidine rings is 1. The summed E-state index contributed by atoms with van der Waals surface area (Å²) < 4.78 is 5.18. The van der Waals surface area contributed by atoms with Gasteiger partial charge < -0.3 is 20.3 Å². The molecule has 1 heterocycles. The lowest BCUT2D eigenvalue weighted by molar-refractivity contribution is 0.0527. The van der Waals surface area contributed by atoms with Gasteiger partial charge in [0.2, 0.25) is 0 Å². The Morgan fingerprint density at radius 3 is 2.75 bits per heavy atom. The number of ether oxygens (including phenoxy) is 1. The SMILES string of the molecule is CN1CCCC(CNCCCNC(=O)OC(C)(C)C)C1. The number of carbonyl (C=O) groups is 1. The summed E-state index contributed by atoms with van der Waals surface area (Å²) >= 11 is 0. The number of hydrogen-bond donors (Lipinski definition) is 2. The number of likely N-dealkylation sites (tertiary alicyclic amines) is 1. The molecule has 0 saturated carbocycles. The van der Waals surface area contributed by atoms with Gasteiger partial charge in [0.15, 0.2) is 0 Å². The fraction of sp³-hybridized carbons (Fsp3) is 0.933. The quantitative estimate of drug-likeness (QED) is 0.731. The van der Waals surface area contributed by atoms with Crippen molar-refractivity contribution in [2.75, 3.05) is 39.8 Å². The molecule has 1 aliphatic rings. The predicted octanol–water partition coefficient (Wildman–Crippen LogP) is 1.83. The molecule has 2 N–H and O–H groups in total. The van der Waals surface area contributed by atoms with Gasteiger partial charge in [-0.15, -0.1) is 0 Å². The fourth-order valence-electron chi connectivity index (χ4n) is 2.46. The lowest BCUT2D eigenvalue weighted by atomic mass is 9.98. The van der Waals surface area contributed by atoms with E-state index < -0.39 is 5.60 Å². The van der Waals surface area contributed by atoms with E-state index in [1.165, 1.54) is 25.9 Å². The molecule has 5 heteroatoms. The highest BCUT2D eigenvalue weighted by Crippen LogP contribution is 2.13. The molecule has 1 atom stereocenters. The summed E-state index contributed by atoms with van der Waals surface area (Å²) in [4.78, 5) is 13.8. The molecule has 20 heavy (non-hydrogen) atoms. The summed E-state index contributed by atoms with van der Waals surface area (Å²) in [7, 11) is 2.19. The van der Waals surface area contributed by atoms with Crippen LogP contribution in [-0.2, 0) is 4.74 Å². The van der Waals surface area contributed by atoms with E-state index >= 15 is 0 Å². The highest BCUT2D eigenvalue weighted by atomic mass is 16.6. The zero-order valence-corrected chi connectivity index (χ0v) is 13.5. The zero-order chi connectivity index (χ0) is 15.0. The van der Waals surface area contributed by atoms with E-state index in [1.54, 1.807) is 0 Å². The Morgan fingerprint density at radius 2 is 2.10 bits per heavy atom. The maximum Gasteiger partial charge on any atom is 0.407 e. The number of carbonyl (C=O) groups excluding carboxylic acids is 1. The minimum absolute atomic E-state index is 0.327. The van der Waals surface area contributed by atoms with Crippen LogP contribution in [0.25, 0.3) is 0 Å². The van der Waals surface area contributed by atoms with Crippen molar-refractivity contribution >= 4 is 6.09 Å². The van der Waals surface area contributed by atoms with E-state index in [9.17, 15) is 4.79 Å². The molecule has 1 fully saturated rings. The van der Waals surface area contributed by atoms with Crippen molar-refractivity contribution in [3.8, 4) is 0 Å². The van der Waals surface area contributed by atoms with Crippen LogP contribution in [0.1, 0.15) is 40.0 Å². The highest BCUT2D eigenvalue weighted by molar-refractivity contribution is 5.67. The van der Waals surface area contributed by atoms with Gasteiger partial charge in [-0.2, -0.15) is 0 Å². The largest absolute Gasteiger partial charge is 0.444 e.